The summed E-state index contributed by atoms with van der Waals surface area (Å²) in [4.78, 5) is 13.5. The molecule has 2 N–H and O–H groups in total. The first-order valence-electron chi connectivity index (χ1n) is 8.39. The van der Waals surface area contributed by atoms with Crippen molar-refractivity contribution in [1.29, 1.82) is 0 Å². The Balaban J connectivity index is 0.00000243. The summed E-state index contributed by atoms with van der Waals surface area (Å²) < 4.78 is 2.09. The first-order chi connectivity index (χ1) is 12.1. The van der Waals surface area contributed by atoms with Gasteiger partial charge in [0.2, 0.25) is 0 Å². The molecule has 0 fully saturated rings. The van der Waals surface area contributed by atoms with E-state index in [0.29, 0.717) is 19.0 Å². The molecule has 3 rings (SSSR count). The summed E-state index contributed by atoms with van der Waals surface area (Å²) in [5.74, 6) is 1.20. The second-order valence-corrected chi connectivity index (χ2v) is 7.17. The third-order valence-electron chi connectivity index (χ3n) is 3.97. The second kappa shape index (κ2) is 9.31. The van der Waals surface area contributed by atoms with Gasteiger partial charge in [-0.25, -0.2) is 9.97 Å². The molecule has 3 aromatic heterocycles. The van der Waals surface area contributed by atoms with Gasteiger partial charge in [-0.3, -0.25) is 4.99 Å². The lowest BCUT2D eigenvalue weighted by molar-refractivity contribution is 0.780. The minimum atomic E-state index is 0. The van der Waals surface area contributed by atoms with Gasteiger partial charge in [0.05, 0.1) is 24.5 Å². The summed E-state index contributed by atoms with van der Waals surface area (Å²) in [5, 5.41) is 9.80. The molecule has 3 heterocycles. The average molecular weight is 484 g/mol. The van der Waals surface area contributed by atoms with Crippen LogP contribution in [0.25, 0.3) is 5.65 Å². The van der Waals surface area contributed by atoms with E-state index in [4.69, 9.17) is 0 Å². The number of nitrogens with one attached hydrogen (secondary N) is 2. The van der Waals surface area contributed by atoms with E-state index < -0.39 is 0 Å². The van der Waals surface area contributed by atoms with Gasteiger partial charge in [-0.2, -0.15) is 0 Å². The van der Waals surface area contributed by atoms with Gasteiger partial charge >= 0.3 is 0 Å². The largest absolute Gasteiger partial charge is 0.351 e. The number of thiazole rings is 1. The van der Waals surface area contributed by atoms with E-state index in [1.54, 1.807) is 18.4 Å². The number of halogens is 1. The van der Waals surface area contributed by atoms with Crippen LogP contribution in [0.3, 0.4) is 0 Å². The molecule has 0 aliphatic carbocycles. The Morgan fingerprint density at radius 3 is 2.65 bits per heavy atom. The van der Waals surface area contributed by atoms with E-state index in [-0.39, 0.29) is 24.0 Å². The molecule has 0 atom stereocenters. The van der Waals surface area contributed by atoms with Crippen molar-refractivity contribution in [3.05, 3.63) is 51.9 Å². The third-order valence-corrected chi connectivity index (χ3v) is 4.84. The Labute approximate surface area is 175 Å². The monoisotopic (exact) mass is 484 g/mol. The highest BCUT2D eigenvalue weighted by molar-refractivity contribution is 14.0. The number of guanidine groups is 1. The van der Waals surface area contributed by atoms with Crippen molar-refractivity contribution in [3.8, 4) is 0 Å². The van der Waals surface area contributed by atoms with E-state index >= 15 is 0 Å². The molecule has 0 unspecified atom stereocenters. The predicted molar refractivity (Wildman–Crippen MR) is 119 cm³/mol. The minimum Gasteiger partial charge on any atom is -0.351 e. The smallest absolute Gasteiger partial charge is 0.191 e. The molecule has 0 aromatic carbocycles. The van der Waals surface area contributed by atoms with Gasteiger partial charge in [0.25, 0.3) is 0 Å². The maximum absolute atomic E-state index is 4.63. The number of aryl methyl sites for hydroxylation is 1. The number of hydrogen-bond donors (Lipinski definition) is 2. The van der Waals surface area contributed by atoms with Crippen molar-refractivity contribution in [2.75, 3.05) is 7.05 Å². The Bertz CT molecular complexity index is 883. The van der Waals surface area contributed by atoms with Crippen molar-refractivity contribution in [2.24, 2.45) is 4.99 Å². The number of hydrogen-bond acceptors (Lipinski definition) is 4. The number of nitrogens with zero attached hydrogens (tertiary/aromatic N) is 4. The van der Waals surface area contributed by atoms with Crippen LogP contribution in [0.15, 0.2) is 34.8 Å². The molecule has 8 heteroatoms. The van der Waals surface area contributed by atoms with Crippen molar-refractivity contribution in [1.82, 2.24) is 25.0 Å². The molecule has 0 saturated carbocycles. The fraction of sp³-hybridized carbons (Fsp3) is 0.389. The van der Waals surface area contributed by atoms with Gasteiger partial charge < -0.3 is 15.0 Å². The molecule has 26 heavy (non-hydrogen) atoms. The first-order valence-corrected chi connectivity index (χ1v) is 9.27. The molecule has 0 saturated heterocycles. The lowest BCUT2D eigenvalue weighted by Gasteiger charge is -2.09. The van der Waals surface area contributed by atoms with E-state index in [2.05, 4.69) is 68.4 Å². The summed E-state index contributed by atoms with van der Waals surface area (Å²) in [6.07, 6.45) is 2.06. The van der Waals surface area contributed by atoms with Crippen LogP contribution < -0.4 is 10.6 Å². The molecule has 6 nitrogen and oxygen atoms in total. The number of rotatable bonds is 5. The second-order valence-electron chi connectivity index (χ2n) is 6.23. The number of pyridine rings is 1. The molecule has 0 aliphatic rings. The maximum atomic E-state index is 4.63. The Morgan fingerprint density at radius 1 is 1.23 bits per heavy atom. The van der Waals surface area contributed by atoms with Crippen molar-refractivity contribution >= 4 is 46.9 Å². The summed E-state index contributed by atoms with van der Waals surface area (Å²) in [6.45, 7) is 7.68. The fourth-order valence-electron chi connectivity index (χ4n) is 2.51. The fourth-order valence-corrected chi connectivity index (χ4v) is 3.40. The first kappa shape index (κ1) is 20.6. The zero-order chi connectivity index (χ0) is 17.8. The topological polar surface area (TPSA) is 66.6 Å². The number of imidazole rings is 1. The van der Waals surface area contributed by atoms with Crippen molar-refractivity contribution in [3.63, 3.8) is 0 Å². The van der Waals surface area contributed by atoms with Gasteiger partial charge in [-0.05, 0) is 25.0 Å². The highest BCUT2D eigenvalue weighted by atomic mass is 127. The van der Waals surface area contributed by atoms with Crippen LogP contribution in [0.5, 0.6) is 0 Å². The maximum Gasteiger partial charge on any atom is 0.191 e. The van der Waals surface area contributed by atoms with Crippen LogP contribution in [0.1, 0.15) is 41.9 Å². The Hall–Kier alpha value is -1.68. The van der Waals surface area contributed by atoms with Crippen molar-refractivity contribution in [2.45, 2.75) is 39.8 Å². The van der Waals surface area contributed by atoms with E-state index in [1.165, 1.54) is 5.69 Å². The Kier molecular flexibility index (Phi) is 7.39. The van der Waals surface area contributed by atoms with Gasteiger partial charge in [0, 0.05) is 24.3 Å². The van der Waals surface area contributed by atoms with Crippen LogP contribution in [0, 0.1) is 6.92 Å². The molecular weight excluding hydrogens is 459 g/mol. The summed E-state index contributed by atoms with van der Waals surface area (Å²) in [7, 11) is 1.77. The highest BCUT2D eigenvalue weighted by Crippen LogP contribution is 2.17. The van der Waals surface area contributed by atoms with Gasteiger partial charge in [0.15, 0.2) is 5.96 Å². The van der Waals surface area contributed by atoms with Crippen LogP contribution in [0.2, 0.25) is 0 Å². The molecule has 0 spiro atoms. The number of fused-ring (bicyclic) bond motifs is 1. The summed E-state index contributed by atoms with van der Waals surface area (Å²) >= 11 is 1.68. The zero-order valence-electron chi connectivity index (χ0n) is 15.5. The van der Waals surface area contributed by atoms with E-state index in [1.807, 2.05) is 12.1 Å². The van der Waals surface area contributed by atoms with Crippen LogP contribution in [-0.2, 0) is 13.1 Å². The zero-order valence-corrected chi connectivity index (χ0v) is 18.6. The van der Waals surface area contributed by atoms with Gasteiger partial charge in [-0.15, -0.1) is 35.3 Å². The van der Waals surface area contributed by atoms with Crippen molar-refractivity contribution < 1.29 is 0 Å². The quantitative estimate of drug-likeness (QED) is 0.329. The van der Waals surface area contributed by atoms with Crippen LogP contribution >= 0.6 is 35.3 Å². The normalized spacial score (nSPS) is 11.7. The summed E-state index contributed by atoms with van der Waals surface area (Å²) in [5.41, 5.74) is 4.26. The predicted octanol–water partition coefficient (Wildman–Crippen LogP) is 3.71. The van der Waals surface area contributed by atoms with Crippen LogP contribution in [0.4, 0.5) is 0 Å². The number of aromatic nitrogens is 3. The SMILES string of the molecule is CN=C(NCc1cn2c(C)cccc2n1)NCc1nc(C(C)C)cs1.I. The standard InChI is InChI=1S/C18H24N6S.HI/c1-12(2)15-11-25-17(23-15)9-21-18(19-4)20-8-14-10-24-13(3)6-5-7-16(24)22-14;/h5-7,10-12H,8-9H2,1-4H3,(H2,19,20,21);1H. The molecule has 0 bridgehead atoms. The average Bonchev–Trinajstić information content (AvgIpc) is 3.22. The van der Waals surface area contributed by atoms with Crippen LogP contribution in [-0.4, -0.2) is 27.4 Å². The minimum absolute atomic E-state index is 0. The van der Waals surface area contributed by atoms with Gasteiger partial charge in [-0.1, -0.05) is 19.9 Å². The molecule has 0 aliphatic heterocycles. The lowest BCUT2D eigenvalue weighted by Crippen LogP contribution is -2.36. The molecule has 0 radical (unpaired) electrons. The third kappa shape index (κ3) is 4.94. The van der Waals surface area contributed by atoms with E-state index in [0.717, 1.165) is 28.0 Å². The summed E-state index contributed by atoms with van der Waals surface area (Å²) in [6, 6.07) is 6.11. The lowest BCUT2D eigenvalue weighted by atomic mass is 10.2. The number of aliphatic imine (C=N–C) groups is 1. The van der Waals surface area contributed by atoms with E-state index in [9.17, 15) is 0 Å². The molecule has 0 amide bonds. The Morgan fingerprint density at radius 2 is 2.00 bits per heavy atom. The molecule has 140 valence electrons. The molecule has 3 aromatic rings. The van der Waals surface area contributed by atoms with Gasteiger partial charge in [0.1, 0.15) is 10.7 Å². The molecular formula is C18H25IN6S. The highest BCUT2D eigenvalue weighted by Gasteiger charge is 2.07.